The molecule has 0 unspecified atom stereocenters. The number of phenols is 1. The summed E-state index contributed by atoms with van der Waals surface area (Å²) in [5, 5.41) is 57.1. The molecule has 78 heavy (non-hydrogen) atoms. The summed E-state index contributed by atoms with van der Waals surface area (Å²) in [5.74, 6) is -1.28. The van der Waals surface area contributed by atoms with Gasteiger partial charge in [-0.15, -0.1) is 5.10 Å². The number of nitrogen functional groups attached to an aromatic ring is 1. The van der Waals surface area contributed by atoms with E-state index >= 15 is 0 Å². The van der Waals surface area contributed by atoms with E-state index in [1.807, 2.05) is 0 Å². The maximum absolute atomic E-state index is 12.7. The van der Waals surface area contributed by atoms with Crippen molar-refractivity contribution in [3.63, 3.8) is 0 Å². The number of phosphoric ester groups is 3. The van der Waals surface area contributed by atoms with Gasteiger partial charge >= 0.3 is 29.4 Å². The Labute approximate surface area is 441 Å². The van der Waals surface area contributed by atoms with Gasteiger partial charge in [0, 0.05) is 60.0 Å². The van der Waals surface area contributed by atoms with Gasteiger partial charge in [0.25, 0.3) is 0 Å². The fourth-order valence-corrected chi connectivity index (χ4v) is 10.9. The molecule has 36 heteroatoms. The number of thiocarbonyl (C=S) groups is 1. The molecule has 32 nitrogen and oxygen atoms in total. The average molecular weight is 1170 g/mol. The van der Waals surface area contributed by atoms with E-state index in [2.05, 4.69) is 44.9 Å². The first kappa shape index (κ1) is 56.4. The van der Waals surface area contributed by atoms with E-state index in [0.717, 1.165) is 12.7 Å². The van der Waals surface area contributed by atoms with Crippen molar-refractivity contribution in [2.24, 2.45) is 0 Å². The van der Waals surface area contributed by atoms with Gasteiger partial charge in [-0.3, -0.25) is 27.6 Å². The normalized spacial score (nSPS) is 23.1. The molecular formula is C42H45N10O22P3S. The van der Waals surface area contributed by atoms with E-state index in [0.29, 0.717) is 34.2 Å². The molecule has 3 aliphatic heterocycles. The molecule has 0 radical (unpaired) electrons. The van der Waals surface area contributed by atoms with Gasteiger partial charge in [0.05, 0.1) is 30.3 Å². The summed E-state index contributed by atoms with van der Waals surface area (Å²) in [6.07, 6.45) is -14.2. The van der Waals surface area contributed by atoms with Crippen molar-refractivity contribution in [2.75, 3.05) is 24.2 Å². The number of nitrogens with zero attached hydrogens (tertiary/aromatic N) is 7. The largest absolute Gasteiger partial charge is 0.508 e. The Balaban J connectivity index is 0.910. The second-order valence-electron chi connectivity index (χ2n) is 17.4. The Morgan fingerprint density at radius 2 is 1.58 bits per heavy atom. The monoisotopic (exact) mass is 1170 g/mol. The summed E-state index contributed by atoms with van der Waals surface area (Å²) in [6.45, 7) is -0.725. The number of aromatic nitrogens is 7. The van der Waals surface area contributed by atoms with Crippen molar-refractivity contribution in [3.8, 4) is 28.2 Å². The Bertz CT molecular complexity index is 3570. The number of phosphoric acid groups is 3. The lowest BCUT2D eigenvalue weighted by atomic mass is 9.90. The molecule has 2 aromatic carbocycles. The number of rotatable bonds is 19. The fraction of sp³-hybridized carbons (Fsp3) is 0.333. The minimum absolute atomic E-state index is 0.0163. The predicted octanol–water partition coefficient (Wildman–Crippen LogP) is 0.696. The Morgan fingerprint density at radius 1 is 0.859 bits per heavy atom. The molecule has 416 valence electrons. The van der Waals surface area contributed by atoms with Crippen LogP contribution in [0.15, 0.2) is 82.7 Å². The molecule has 2 fully saturated rings. The zero-order chi connectivity index (χ0) is 56.0. The number of imidazole rings is 1. The Hall–Kier alpha value is -6.29. The van der Waals surface area contributed by atoms with Crippen LogP contribution in [-0.4, -0.2) is 158 Å². The maximum atomic E-state index is 12.7. The summed E-state index contributed by atoms with van der Waals surface area (Å²) in [6, 6.07) is 13.1. The number of carboxylic acids is 1. The number of nitrogens with two attached hydrogens (primary N) is 1. The SMILES string of the molecule is Nc1ncnc2c1ncn2[C@@H]1O[C@H](Cc2cn(CCCNC(=S)Nc3ccc(-c4c5ccc(=O)cc-5oc5cc(O)ccc45)c(C(=O)O)c3)nn2)[C@@H](O[C@H]2O[C@H](CO)[C@@H](OP(=O)(O)O)[C@H](OP(=O)(O)O)[C@H]2O)[C@H]1OP(=O)(O)O. The molecule has 2 saturated heterocycles. The summed E-state index contributed by atoms with van der Waals surface area (Å²) in [4.78, 5) is 96.0. The van der Waals surface area contributed by atoms with Gasteiger partial charge in [0.15, 0.2) is 34.5 Å². The van der Waals surface area contributed by atoms with Crippen molar-refractivity contribution < 1.29 is 100 Å². The van der Waals surface area contributed by atoms with E-state index in [-0.39, 0.29) is 75.4 Å². The number of aryl methyl sites for hydroxylation is 1. The molecule has 9 rings (SSSR count). The molecule has 0 bridgehead atoms. The van der Waals surface area contributed by atoms with E-state index in [1.165, 1.54) is 51.8 Å². The minimum Gasteiger partial charge on any atom is -0.508 e. The topological polar surface area (TPSA) is 481 Å². The number of benzene rings is 3. The highest BCUT2D eigenvalue weighted by Crippen LogP contribution is 2.50. The molecule has 6 heterocycles. The standard InChI is InChI=1S/C42H45N10O22P3S/c43-37-31-38(46-16-45-37)52(17-47-31)39-36(74-77(65,66)67)33(71-41-32(56)35(73-76(62,63)64)34(29(15-53)70-41)72-75(59,60)61)28(69-39)11-19-14-51(50-49-19)9-1-8-44-42(78)48-18-2-5-22(25(10-18)40(57)58)30-23-6-3-20(54)12-26(23)68-27-13-21(55)4-7-24(27)30/h2-7,10,12-14,16-17,28-29,32-36,39,41,53-54,56H,1,8-9,11,15H2,(H,57,58)(H2,43,45,46)(H2,44,48,78)(H2,59,60,61)(H2,62,63,64)(H2,65,66,67)/t28-,29-,32-,33-,34-,35-,36-,39-,41-/m1/s1. The molecule has 0 amide bonds. The molecule has 4 aliphatic rings. The third kappa shape index (κ3) is 12.7. The molecule has 0 spiro atoms. The van der Waals surface area contributed by atoms with Crippen molar-refractivity contribution in [1.29, 1.82) is 0 Å². The zero-order valence-electron chi connectivity index (χ0n) is 39.5. The number of hydrogen-bond acceptors (Lipinski definition) is 22. The minimum atomic E-state index is -5.63. The van der Waals surface area contributed by atoms with Crippen LogP contribution in [0.3, 0.4) is 0 Å². The van der Waals surface area contributed by atoms with Gasteiger partial charge in [-0.05, 0) is 60.6 Å². The quantitative estimate of drug-likeness (QED) is 0.0229. The molecule has 0 saturated carbocycles. The number of ether oxygens (including phenoxy) is 3. The van der Waals surface area contributed by atoms with E-state index in [4.69, 9.17) is 41.1 Å². The molecular weight excluding hydrogens is 1120 g/mol. The van der Waals surface area contributed by atoms with Gasteiger partial charge in [0.2, 0.25) is 0 Å². The zero-order valence-corrected chi connectivity index (χ0v) is 43.0. The third-order valence-electron chi connectivity index (χ3n) is 12.1. The Morgan fingerprint density at radius 3 is 2.29 bits per heavy atom. The first-order valence-electron chi connectivity index (χ1n) is 22.7. The van der Waals surface area contributed by atoms with Gasteiger partial charge in [-0.25, -0.2) is 33.4 Å². The van der Waals surface area contributed by atoms with Gasteiger partial charge in [0.1, 0.15) is 65.6 Å². The highest BCUT2D eigenvalue weighted by Gasteiger charge is 2.56. The number of aromatic carboxylic acids is 1. The number of aliphatic hydroxyl groups is 2. The van der Waals surface area contributed by atoms with Crippen molar-refractivity contribution in [3.05, 3.63) is 94.9 Å². The number of carboxylic acid groups (broad SMARTS) is 1. The number of anilines is 2. The molecule has 5 aromatic rings. The third-order valence-corrected chi connectivity index (χ3v) is 13.9. The van der Waals surface area contributed by atoms with Crippen LogP contribution in [-0.2, 0) is 54.4 Å². The number of aromatic hydroxyl groups is 1. The Kier molecular flexibility index (Phi) is 16.2. The first-order chi connectivity index (χ1) is 36.8. The summed E-state index contributed by atoms with van der Waals surface area (Å²) in [7, 11) is -16.7. The van der Waals surface area contributed by atoms with Crippen LogP contribution in [0.4, 0.5) is 11.5 Å². The van der Waals surface area contributed by atoms with Crippen molar-refractivity contribution >= 4 is 80.4 Å². The second-order valence-corrected chi connectivity index (χ2v) is 21.4. The lowest BCUT2D eigenvalue weighted by molar-refractivity contribution is -0.312. The fourth-order valence-electron chi connectivity index (χ4n) is 8.99. The van der Waals surface area contributed by atoms with E-state index in [9.17, 15) is 73.1 Å². The van der Waals surface area contributed by atoms with Crippen molar-refractivity contribution in [2.45, 2.75) is 74.6 Å². The predicted molar refractivity (Wildman–Crippen MR) is 267 cm³/mol. The van der Waals surface area contributed by atoms with E-state index in [1.54, 1.807) is 18.2 Å². The lowest BCUT2D eigenvalue weighted by Crippen LogP contribution is -2.61. The number of aliphatic hydroxyl groups excluding tert-OH is 2. The van der Waals surface area contributed by atoms with Crippen LogP contribution in [0.1, 0.15) is 28.7 Å². The first-order valence-corrected chi connectivity index (χ1v) is 27.7. The van der Waals surface area contributed by atoms with Gasteiger partial charge in [-0.1, -0.05) is 11.3 Å². The lowest BCUT2D eigenvalue weighted by Gasteiger charge is -2.44. The van der Waals surface area contributed by atoms with Gasteiger partial charge in [-0.2, -0.15) is 0 Å². The van der Waals surface area contributed by atoms with E-state index < -0.39 is 91.3 Å². The second kappa shape index (κ2) is 22.5. The number of hydrogen-bond donors (Lipinski definition) is 13. The number of fused-ring (bicyclic) bond motifs is 3. The van der Waals surface area contributed by atoms with Crippen LogP contribution < -0.4 is 21.8 Å². The number of carbonyl (C=O) groups is 1. The summed E-state index contributed by atoms with van der Waals surface area (Å²) >= 11 is 5.51. The number of phenolic OH excluding ortho intramolecular Hbond substituents is 1. The van der Waals surface area contributed by atoms with Crippen LogP contribution >= 0.6 is 35.7 Å². The average Bonchev–Trinajstić information content (AvgIpc) is 4.17. The van der Waals surface area contributed by atoms with Crippen LogP contribution in [0.5, 0.6) is 5.75 Å². The molecule has 9 atom stereocenters. The highest BCUT2D eigenvalue weighted by atomic mass is 32.1. The van der Waals surface area contributed by atoms with Crippen LogP contribution in [0, 0.1) is 0 Å². The van der Waals surface area contributed by atoms with Crippen molar-refractivity contribution in [1.82, 2.24) is 39.8 Å². The molecule has 3 aromatic heterocycles. The summed E-state index contributed by atoms with van der Waals surface area (Å²) < 4.78 is 77.6. The smallest absolute Gasteiger partial charge is 0.470 e. The van der Waals surface area contributed by atoms with Crippen LogP contribution in [0.25, 0.3) is 44.6 Å². The summed E-state index contributed by atoms with van der Waals surface area (Å²) in [5.41, 5.74) is 7.47. The maximum Gasteiger partial charge on any atom is 0.470 e. The molecule has 14 N–H and O–H groups in total. The highest BCUT2D eigenvalue weighted by molar-refractivity contribution is 7.80. The van der Waals surface area contributed by atoms with Gasteiger partial charge < -0.3 is 84.8 Å². The number of nitrogens with one attached hydrogen (secondary N) is 2. The van der Waals surface area contributed by atoms with Crippen LogP contribution in [0.2, 0.25) is 0 Å². The molecule has 1 aliphatic carbocycles.